The van der Waals surface area contributed by atoms with Gasteiger partial charge in [0.15, 0.2) is 6.04 Å². The van der Waals surface area contributed by atoms with Crippen LogP contribution in [-0.2, 0) is 22.5 Å². The second kappa shape index (κ2) is 19.7. The minimum atomic E-state index is -0.217. The lowest BCUT2D eigenvalue weighted by atomic mass is 10.0. The number of aryl methyl sites for hydroxylation is 1. The van der Waals surface area contributed by atoms with E-state index in [1.807, 2.05) is 24.3 Å². The van der Waals surface area contributed by atoms with Crippen molar-refractivity contribution in [3.8, 4) is 5.75 Å². The summed E-state index contributed by atoms with van der Waals surface area (Å²) in [7, 11) is 4.22. The molecular weight excluding hydrogens is 494 g/mol. The zero-order chi connectivity index (χ0) is 29.1. The number of carbonyl (C=O) groups excluding carboxylic acids is 1. The number of hydrogen-bond donors (Lipinski definition) is 0. The number of quaternary nitrogens is 1. The van der Waals surface area contributed by atoms with Gasteiger partial charge in [-0.05, 0) is 30.9 Å². The largest absolute Gasteiger partial charge is 0.487 e. The summed E-state index contributed by atoms with van der Waals surface area (Å²) in [4.78, 5) is 13.2. The van der Waals surface area contributed by atoms with Crippen molar-refractivity contribution in [1.29, 1.82) is 0 Å². The van der Waals surface area contributed by atoms with Crippen molar-refractivity contribution in [3.05, 3.63) is 65.7 Å². The lowest BCUT2D eigenvalue weighted by Gasteiger charge is -2.36. The first kappa shape index (κ1) is 33.9. The van der Waals surface area contributed by atoms with Crippen LogP contribution in [0.15, 0.2) is 54.6 Å². The average Bonchev–Trinajstić information content (AvgIpc) is 2.95. The summed E-state index contributed by atoms with van der Waals surface area (Å²) >= 11 is 0. The summed E-state index contributed by atoms with van der Waals surface area (Å²) in [6.45, 7) is 7.51. The first-order valence-corrected chi connectivity index (χ1v) is 16.2. The number of benzene rings is 2. The molecular formula is C36H58NO3+. The maximum Gasteiger partial charge on any atom is 0.365 e. The quantitative estimate of drug-likeness (QED) is 0.0829. The van der Waals surface area contributed by atoms with E-state index in [4.69, 9.17) is 9.47 Å². The molecule has 0 aliphatic carbocycles. The minimum absolute atomic E-state index is 0.139. The molecule has 2 aromatic rings. The number of rotatable bonds is 22. The molecule has 40 heavy (non-hydrogen) atoms. The van der Waals surface area contributed by atoms with Gasteiger partial charge in [0.1, 0.15) is 25.0 Å². The van der Waals surface area contributed by atoms with Gasteiger partial charge in [-0.1, -0.05) is 134 Å². The highest BCUT2D eigenvalue weighted by molar-refractivity contribution is 5.74. The van der Waals surface area contributed by atoms with Gasteiger partial charge in [-0.25, -0.2) is 4.79 Å². The zero-order valence-corrected chi connectivity index (χ0v) is 26.3. The summed E-state index contributed by atoms with van der Waals surface area (Å²) in [5.41, 5.74) is 2.48. The van der Waals surface area contributed by atoms with Gasteiger partial charge in [-0.2, -0.15) is 0 Å². The van der Waals surface area contributed by atoms with Gasteiger partial charge in [0.25, 0.3) is 0 Å². The highest BCUT2D eigenvalue weighted by Gasteiger charge is 2.35. The standard InChI is InChI=1S/C36H58NO3/c1-6-9-10-11-12-13-14-15-16-17-21-26-32-27-22-23-28-35(32)40-33(7-2)30-39-36(38)34(8-3)37(4,5)29-31-24-19-18-20-25-31/h18-20,22-25,27-28,33-34H,6-17,21,26,29-30H2,1-5H3/q+1. The fourth-order valence-electron chi connectivity index (χ4n) is 5.60. The van der Waals surface area contributed by atoms with Crippen LogP contribution in [0.2, 0.25) is 0 Å². The number of carbonyl (C=O) groups is 1. The highest BCUT2D eigenvalue weighted by atomic mass is 16.6. The van der Waals surface area contributed by atoms with Crippen molar-refractivity contribution < 1.29 is 18.8 Å². The van der Waals surface area contributed by atoms with Crippen LogP contribution < -0.4 is 4.74 Å². The number of unbranched alkanes of at least 4 members (excludes halogenated alkanes) is 10. The third kappa shape index (κ3) is 12.9. The SMILES string of the molecule is CCCCCCCCCCCCCc1ccccc1OC(CC)COC(=O)C(CC)[N+](C)(C)Cc1ccccc1. The van der Waals surface area contributed by atoms with Crippen molar-refractivity contribution in [1.82, 2.24) is 0 Å². The molecule has 0 N–H and O–H groups in total. The summed E-state index contributed by atoms with van der Waals surface area (Å²) < 4.78 is 12.9. The minimum Gasteiger partial charge on any atom is -0.487 e. The Morgan fingerprint density at radius 1 is 0.725 bits per heavy atom. The lowest BCUT2D eigenvalue weighted by Crippen LogP contribution is -2.52. The van der Waals surface area contributed by atoms with E-state index in [1.54, 1.807) is 0 Å². The van der Waals surface area contributed by atoms with Crippen LogP contribution in [0.4, 0.5) is 0 Å². The van der Waals surface area contributed by atoms with E-state index < -0.39 is 0 Å². The molecule has 2 unspecified atom stereocenters. The first-order chi connectivity index (χ1) is 19.4. The van der Waals surface area contributed by atoms with E-state index in [-0.39, 0.29) is 24.7 Å². The first-order valence-electron chi connectivity index (χ1n) is 16.2. The van der Waals surface area contributed by atoms with Gasteiger partial charge in [-0.15, -0.1) is 0 Å². The second-order valence-electron chi connectivity index (χ2n) is 12.0. The van der Waals surface area contributed by atoms with Crippen LogP contribution in [0.5, 0.6) is 5.75 Å². The smallest absolute Gasteiger partial charge is 0.365 e. The third-order valence-corrected chi connectivity index (χ3v) is 8.12. The van der Waals surface area contributed by atoms with E-state index in [0.717, 1.165) is 31.6 Å². The molecule has 0 aromatic heterocycles. The predicted molar refractivity (Wildman–Crippen MR) is 169 cm³/mol. The van der Waals surface area contributed by atoms with Gasteiger partial charge in [-0.3, -0.25) is 0 Å². The van der Waals surface area contributed by atoms with Crippen molar-refractivity contribution in [3.63, 3.8) is 0 Å². The lowest BCUT2D eigenvalue weighted by molar-refractivity contribution is -0.919. The van der Waals surface area contributed by atoms with Crippen LogP contribution >= 0.6 is 0 Å². The topological polar surface area (TPSA) is 35.5 Å². The molecule has 0 amide bonds. The Kier molecular flexibility index (Phi) is 16.7. The molecule has 0 aliphatic heterocycles. The Bertz CT molecular complexity index is 927. The third-order valence-electron chi connectivity index (χ3n) is 8.12. The zero-order valence-electron chi connectivity index (χ0n) is 26.3. The summed E-state index contributed by atoms with van der Waals surface area (Å²) in [5.74, 6) is 0.796. The molecule has 0 saturated carbocycles. The fourth-order valence-corrected chi connectivity index (χ4v) is 5.60. The van der Waals surface area contributed by atoms with E-state index in [1.165, 1.54) is 81.8 Å². The molecule has 224 valence electrons. The number of nitrogens with zero attached hydrogens (tertiary/aromatic N) is 1. The van der Waals surface area contributed by atoms with Crippen molar-refractivity contribution in [2.75, 3.05) is 20.7 Å². The molecule has 2 aromatic carbocycles. The number of esters is 1. The number of ether oxygens (including phenoxy) is 2. The molecule has 2 atom stereocenters. The van der Waals surface area contributed by atoms with E-state index in [0.29, 0.717) is 4.48 Å². The van der Waals surface area contributed by atoms with Crippen LogP contribution in [0, 0.1) is 0 Å². The molecule has 4 heteroatoms. The van der Waals surface area contributed by atoms with Gasteiger partial charge in [0.2, 0.25) is 0 Å². The number of likely N-dealkylation sites (N-methyl/N-ethyl adjacent to an activating group) is 1. The second-order valence-corrected chi connectivity index (χ2v) is 12.0. The Morgan fingerprint density at radius 3 is 1.90 bits per heavy atom. The van der Waals surface area contributed by atoms with Gasteiger partial charge in [0.05, 0.1) is 14.1 Å². The summed E-state index contributed by atoms with van der Waals surface area (Å²) in [5, 5.41) is 0. The molecule has 0 heterocycles. The Hall–Kier alpha value is -2.33. The van der Waals surface area contributed by atoms with Crippen LogP contribution in [0.25, 0.3) is 0 Å². The Labute approximate surface area is 246 Å². The molecule has 0 fully saturated rings. The summed E-state index contributed by atoms with van der Waals surface area (Å²) in [6.07, 6.45) is 17.3. The normalized spacial score (nSPS) is 13.1. The van der Waals surface area contributed by atoms with Crippen molar-refractivity contribution in [2.45, 2.75) is 129 Å². The Morgan fingerprint density at radius 2 is 1.30 bits per heavy atom. The molecule has 0 bridgehead atoms. The maximum absolute atomic E-state index is 13.2. The number of hydrogen-bond acceptors (Lipinski definition) is 3. The molecule has 2 rings (SSSR count). The van der Waals surface area contributed by atoms with Crippen LogP contribution in [0.3, 0.4) is 0 Å². The van der Waals surface area contributed by atoms with Crippen LogP contribution in [0.1, 0.15) is 115 Å². The van der Waals surface area contributed by atoms with Crippen LogP contribution in [-0.4, -0.2) is 43.3 Å². The molecule has 0 aliphatic rings. The molecule has 0 radical (unpaired) electrons. The molecule has 4 nitrogen and oxygen atoms in total. The van der Waals surface area contributed by atoms with Crippen molar-refractivity contribution in [2.24, 2.45) is 0 Å². The number of para-hydroxylation sites is 1. The monoisotopic (exact) mass is 552 g/mol. The molecule has 0 saturated heterocycles. The van der Waals surface area contributed by atoms with Gasteiger partial charge in [0, 0.05) is 12.0 Å². The molecule has 0 spiro atoms. The van der Waals surface area contributed by atoms with Gasteiger partial charge >= 0.3 is 5.97 Å². The fraction of sp³-hybridized carbons (Fsp3) is 0.639. The van der Waals surface area contributed by atoms with E-state index in [9.17, 15) is 4.79 Å². The summed E-state index contributed by atoms with van der Waals surface area (Å²) in [6, 6.07) is 18.5. The van der Waals surface area contributed by atoms with E-state index >= 15 is 0 Å². The highest BCUT2D eigenvalue weighted by Crippen LogP contribution is 2.24. The maximum atomic E-state index is 13.2. The Balaban J connectivity index is 1.77. The van der Waals surface area contributed by atoms with E-state index in [2.05, 4.69) is 65.2 Å². The predicted octanol–water partition coefficient (Wildman–Crippen LogP) is 9.30. The van der Waals surface area contributed by atoms with Gasteiger partial charge < -0.3 is 14.0 Å². The average molecular weight is 553 g/mol. The van der Waals surface area contributed by atoms with Crippen molar-refractivity contribution >= 4 is 5.97 Å².